The summed E-state index contributed by atoms with van der Waals surface area (Å²) in [5, 5.41) is 4.22. The van der Waals surface area contributed by atoms with Crippen molar-refractivity contribution in [2.75, 3.05) is 31.7 Å². The van der Waals surface area contributed by atoms with Crippen LogP contribution in [0.3, 0.4) is 0 Å². The first-order valence-electron chi connectivity index (χ1n) is 8.36. The van der Waals surface area contributed by atoms with Gasteiger partial charge in [-0.1, -0.05) is 5.92 Å². The highest BCUT2D eigenvalue weighted by Crippen LogP contribution is 2.23. The van der Waals surface area contributed by atoms with Crippen molar-refractivity contribution in [2.45, 2.75) is 39.3 Å². The van der Waals surface area contributed by atoms with Crippen LogP contribution in [0.1, 0.15) is 26.2 Å². The zero-order valence-corrected chi connectivity index (χ0v) is 14.3. The number of imidazole rings is 1. The SMILES string of the molecule is CC#CCn1c(N2CCCCC2)nc2cnn(CCOC)c(=O)c21. The highest BCUT2D eigenvalue weighted by atomic mass is 16.5. The Morgan fingerprint density at radius 1 is 1.29 bits per heavy atom. The van der Waals surface area contributed by atoms with Crippen LogP contribution in [0.4, 0.5) is 5.95 Å². The lowest BCUT2D eigenvalue weighted by molar-refractivity contribution is 0.182. The van der Waals surface area contributed by atoms with Crippen LogP contribution < -0.4 is 10.5 Å². The maximum absolute atomic E-state index is 12.8. The van der Waals surface area contributed by atoms with E-state index in [4.69, 9.17) is 4.74 Å². The topological polar surface area (TPSA) is 65.2 Å². The minimum Gasteiger partial charge on any atom is -0.383 e. The molecule has 0 N–H and O–H groups in total. The molecular weight excluding hydrogens is 306 g/mol. The Morgan fingerprint density at radius 2 is 2.08 bits per heavy atom. The van der Waals surface area contributed by atoms with Crippen molar-refractivity contribution in [3.8, 4) is 11.8 Å². The second-order valence-corrected chi connectivity index (χ2v) is 5.87. The second-order valence-electron chi connectivity index (χ2n) is 5.87. The molecule has 3 rings (SSSR count). The Hall–Kier alpha value is -2.33. The first-order chi connectivity index (χ1) is 11.8. The molecule has 2 aromatic rings. The molecule has 128 valence electrons. The monoisotopic (exact) mass is 329 g/mol. The fraction of sp³-hybridized carbons (Fsp3) is 0.588. The van der Waals surface area contributed by atoms with Crippen LogP contribution in [0.2, 0.25) is 0 Å². The van der Waals surface area contributed by atoms with Crippen LogP contribution in [0.25, 0.3) is 11.0 Å². The third kappa shape index (κ3) is 3.15. The minimum atomic E-state index is -0.141. The predicted octanol–water partition coefficient (Wildman–Crippen LogP) is 1.25. The Kier molecular flexibility index (Phi) is 5.16. The lowest BCUT2D eigenvalue weighted by atomic mass is 10.1. The van der Waals surface area contributed by atoms with Crippen molar-refractivity contribution in [2.24, 2.45) is 0 Å². The third-order valence-electron chi connectivity index (χ3n) is 4.29. The van der Waals surface area contributed by atoms with Gasteiger partial charge >= 0.3 is 0 Å². The molecule has 24 heavy (non-hydrogen) atoms. The minimum absolute atomic E-state index is 0.141. The van der Waals surface area contributed by atoms with E-state index in [1.54, 1.807) is 20.2 Å². The summed E-state index contributed by atoms with van der Waals surface area (Å²) in [6, 6.07) is 0. The molecule has 1 aliphatic heterocycles. The molecule has 7 heteroatoms. The summed E-state index contributed by atoms with van der Waals surface area (Å²) in [6.45, 7) is 5.07. The molecule has 1 fully saturated rings. The van der Waals surface area contributed by atoms with Gasteiger partial charge in [-0.3, -0.25) is 9.36 Å². The standard InChI is InChI=1S/C17H23N5O2/c1-3-4-10-21-15-14(13-18-22(16(15)23)11-12-24-2)19-17(21)20-8-6-5-7-9-20/h13H,5-12H2,1-2H3. The van der Waals surface area contributed by atoms with Crippen LogP contribution in [0.5, 0.6) is 0 Å². The summed E-state index contributed by atoms with van der Waals surface area (Å²) < 4.78 is 8.42. The largest absolute Gasteiger partial charge is 0.383 e. The number of ether oxygens (including phenoxy) is 1. The van der Waals surface area contributed by atoms with Gasteiger partial charge in [-0.25, -0.2) is 9.67 Å². The zero-order chi connectivity index (χ0) is 16.9. The van der Waals surface area contributed by atoms with Gasteiger partial charge in [0.15, 0.2) is 0 Å². The zero-order valence-electron chi connectivity index (χ0n) is 14.3. The maximum Gasteiger partial charge on any atom is 0.293 e. The summed E-state index contributed by atoms with van der Waals surface area (Å²) in [4.78, 5) is 19.8. The Labute approximate surface area is 141 Å². The van der Waals surface area contributed by atoms with E-state index in [-0.39, 0.29) is 5.56 Å². The Morgan fingerprint density at radius 3 is 2.79 bits per heavy atom. The van der Waals surface area contributed by atoms with Gasteiger partial charge in [0.05, 0.1) is 25.9 Å². The van der Waals surface area contributed by atoms with Crippen LogP contribution in [-0.4, -0.2) is 46.1 Å². The van der Waals surface area contributed by atoms with Gasteiger partial charge in [-0.15, -0.1) is 5.92 Å². The van der Waals surface area contributed by atoms with Gasteiger partial charge in [-0.2, -0.15) is 5.10 Å². The lowest BCUT2D eigenvalue weighted by Crippen LogP contribution is -2.32. The van der Waals surface area contributed by atoms with E-state index in [9.17, 15) is 4.79 Å². The van der Waals surface area contributed by atoms with Gasteiger partial charge < -0.3 is 9.64 Å². The van der Waals surface area contributed by atoms with Gasteiger partial charge in [0, 0.05) is 20.2 Å². The molecule has 1 aliphatic rings. The van der Waals surface area contributed by atoms with E-state index in [1.165, 1.54) is 11.1 Å². The quantitative estimate of drug-likeness (QED) is 0.773. The van der Waals surface area contributed by atoms with Crippen molar-refractivity contribution >= 4 is 17.0 Å². The molecule has 0 radical (unpaired) electrons. The lowest BCUT2D eigenvalue weighted by Gasteiger charge is -2.27. The number of fused-ring (bicyclic) bond motifs is 1. The second kappa shape index (κ2) is 7.49. The number of methoxy groups -OCH3 is 1. The molecule has 0 spiro atoms. The molecule has 3 heterocycles. The molecule has 2 aromatic heterocycles. The van der Waals surface area contributed by atoms with Crippen LogP contribution in [-0.2, 0) is 17.8 Å². The first kappa shape index (κ1) is 16.5. The van der Waals surface area contributed by atoms with Crippen molar-refractivity contribution in [1.82, 2.24) is 19.3 Å². The fourth-order valence-corrected chi connectivity index (χ4v) is 3.05. The summed E-state index contributed by atoms with van der Waals surface area (Å²) in [5.41, 5.74) is 1.06. The number of hydrogen-bond donors (Lipinski definition) is 0. The van der Waals surface area contributed by atoms with Crippen molar-refractivity contribution in [1.29, 1.82) is 0 Å². The smallest absolute Gasteiger partial charge is 0.293 e. The van der Waals surface area contributed by atoms with E-state index in [1.807, 2.05) is 4.57 Å². The summed E-state index contributed by atoms with van der Waals surface area (Å²) in [6.07, 6.45) is 5.21. The third-order valence-corrected chi connectivity index (χ3v) is 4.29. The maximum atomic E-state index is 12.8. The summed E-state index contributed by atoms with van der Waals surface area (Å²) >= 11 is 0. The number of anilines is 1. The van der Waals surface area contributed by atoms with Crippen LogP contribution in [0.15, 0.2) is 11.0 Å². The van der Waals surface area contributed by atoms with Crippen molar-refractivity contribution < 1.29 is 4.74 Å². The predicted molar refractivity (Wildman–Crippen MR) is 93.2 cm³/mol. The van der Waals surface area contributed by atoms with Crippen molar-refractivity contribution in [3.05, 3.63) is 16.6 Å². The van der Waals surface area contributed by atoms with Crippen molar-refractivity contribution in [3.63, 3.8) is 0 Å². The van der Waals surface area contributed by atoms with E-state index >= 15 is 0 Å². The Balaban J connectivity index is 2.11. The molecule has 1 saturated heterocycles. The molecule has 0 aliphatic carbocycles. The number of hydrogen-bond acceptors (Lipinski definition) is 5. The van der Waals surface area contributed by atoms with Gasteiger partial charge in [0.2, 0.25) is 5.95 Å². The van der Waals surface area contributed by atoms with Crippen LogP contribution in [0, 0.1) is 11.8 Å². The Bertz CT molecular complexity index is 821. The summed E-state index contributed by atoms with van der Waals surface area (Å²) in [5.74, 6) is 6.80. The van der Waals surface area contributed by atoms with Gasteiger partial charge in [0.1, 0.15) is 11.0 Å². The molecular formula is C17H23N5O2. The van der Waals surface area contributed by atoms with Gasteiger partial charge in [-0.05, 0) is 26.2 Å². The molecule has 0 aromatic carbocycles. The molecule has 0 bridgehead atoms. The summed E-state index contributed by atoms with van der Waals surface area (Å²) in [7, 11) is 1.61. The van der Waals surface area contributed by atoms with Gasteiger partial charge in [0.25, 0.3) is 5.56 Å². The van der Waals surface area contributed by atoms with E-state index in [0.29, 0.717) is 30.7 Å². The fourth-order valence-electron chi connectivity index (χ4n) is 3.05. The van der Waals surface area contributed by atoms with E-state index < -0.39 is 0 Å². The molecule has 0 unspecified atom stereocenters. The normalized spacial score (nSPS) is 14.7. The molecule has 0 atom stereocenters. The number of aromatic nitrogens is 4. The average molecular weight is 329 g/mol. The van der Waals surface area contributed by atoms with Crippen LogP contribution >= 0.6 is 0 Å². The average Bonchev–Trinajstić information content (AvgIpc) is 2.99. The molecule has 0 amide bonds. The molecule has 0 saturated carbocycles. The number of nitrogens with zero attached hydrogens (tertiary/aromatic N) is 5. The van der Waals surface area contributed by atoms with E-state index in [2.05, 4.69) is 26.8 Å². The van der Waals surface area contributed by atoms with E-state index in [0.717, 1.165) is 31.9 Å². The highest BCUT2D eigenvalue weighted by Gasteiger charge is 2.21. The molecule has 7 nitrogen and oxygen atoms in total. The number of piperidine rings is 1. The highest BCUT2D eigenvalue weighted by molar-refractivity contribution is 5.77. The number of rotatable bonds is 5. The first-order valence-corrected chi connectivity index (χ1v) is 8.36.